The molecule has 2 rings (SSSR count). The van der Waals surface area contributed by atoms with E-state index in [4.69, 9.17) is 11.1 Å². The quantitative estimate of drug-likeness (QED) is 0.487. The molecule has 86 valence electrons. The molecule has 0 atom stereocenters. The molecule has 5 nitrogen and oxygen atoms in total. The van der Waals surface area contributed by atoms with Crippen LogP contribution < -0.4 is 5.73 Å². The van der Waals surface area contributed by atoms with Gasteiger partial charge in [-0.15, -0.1) is 0 Å². The molecule has 6 heteroatoms. The molecule has 0 aromatic carbocycles. The van der Waals surface area contributed by atoms with Crippen molar-refractivity contribution in [3.8, 4) is 0 Å². The van der Waals surface area contributed by atoms with Gasteiger partial charge in [0.25, 0.3) is 0 Å². The lowest BCUT2D eigenvalue weighted by Crippen LogP contribution is -2.12. The molecule has 0 spiro atoms. The van der Waals surface area contributed by atoms with Crippen molar-refractivity contribution >= 4 is 17.6 Å². The molecule has 0 fully saturated rings. The van der Waals surface area contributed by atoms with Crippen molar-refractivity contribution in [2.45, 2.75) is 17.1 Å². The average Bonchev–Trinajstić information content (AvgIpc) is 2.29. The Kier molecular flexibility index (Phi) is 3.34. The predicted octanol–water partition coefficient (Wildman–Crippen LogP) is 1.62. The van der Waals surface area contributed by atoms with Crippen molar-refractivity contribution in [2.24, 2.45) is 5.73 Å². The molecule has 0 radical (unpaired) electrons. The van der Waals surface area contributed by atoms with Crippen molar-refractivity contribution in [1.82, 2.24) is 15.0 Å². The number of pyridine rings is 1. The van der Waals surface area contributed by atoms with Gasteiger partial charge in [-0.25, -0.2) is 15.0 Å². The Balaban J connectivity index is 2.33. The van der Waals surface area contributed by atoms with Crippen molar-refractivity contribution in [3.63, 3.8) is 0 Å². The highest BCUT2D eigenvalue weighted by Crippen LogP contribution is 2.25. The number of nitrogen functional groups attached to an aromatic ring is 1. The van der Waals surface area contributed by atoms with Gasteiger partial charge in [0, 0.05) is 23.7 Å². The molecule has 0 saturated carbocycles. The van der Waals surface area contributed by atoms with E-state index in [0.29, 0.717) is 15.7 Å². The summed E-state index contributed by atoms with van der Waals surface area (Å²) in [7, 11) is 0. The maximum absolute atomic E-state index is 7.47. The van der Waals surface area contributed by atoms with Crippen molar-refractivity contribution < 1.29 is 0 Å². The summed E-state index contributed by atoms with van der Waals surface area (Å²) in [6, 6.07) is 5.33. The van der Waals surface area contributed by atoms with E-state index < -0.39 is 0 Å². The van der Waals surface area contributed by atoms with E-state index in [1.165, 1.54) is 11.8 Å². The summed E-state index contributed by atoms with van der Waals surface area (Å²) >= 11 is 1.30. The zero-order valence-corrected chi connectivity index (χ0v) is 10.0. The van der Waals surface area contributed by atoms with Crippen molar-refractivity contribution in [1.29, 1.82) is 5.41 Å². The highest BCUT2D eigenvalue weighted by molar-refractivity contribution is 7.99. The van der Waals surface area contributed by atoms with E-state index in [0.717, 1.165) is 5.69 Å². The molecule has 2 aromatic rings. The summed E-state index contributed by atoms with van der Waals surface area (Å²) in [5.74, 6) is -0.00625. The first-order valence-electron chi connectivity index (χ1n) is 4.94. The van der Waals surface area contributed by atoms with Gasteiger partial charge in [-0.05, 0) is 36.9 Å². The number of nitrogens with zero attached hydrogens (tertiary/aromatic N) is 3. The lowest BCUT2D eigenvalue weighted by molar-refractivity contribution is 0.927. The van der Waals surface area contributed by atoms with Gasteiger partial charge in [0.15, 0.2) is 5.16 Å². The third kappa shape index (κ3) is 2.79. The Morgan fingerprint density at radius 1 is 1.29 bits per heavy atom. The molecule has 2 aromatic heterocycles. The van der Waals surface area contributed by atoms with Crippen molar-refractivity contribution in [2.75, 3.05) is 0 Å². The monoisotopic (exact) mass is 245 g/mol. The van der Waals surface area contributed by atoms with Gasteiger partial charge in [0.1, 0.15) is 10.9 Å². The Bertz CT molecular complexity index is 555. The number of aromatic nitrogens is 3. The van der Waals surface area contributed by atoms with Crippen LogP contribution in [0.25, 0.3) is 0 Å². The third-order valence-electron chi connectivity index (χ3n) is 2.02. The maximum atomic E-state index is 7.47. The molecule has 17 heavy (non-hydrogen) atoms. The van der Waals surface area contributed by atoms with Gasteiger partial charge >= 0.3 is 0 Å². The standard InChI is InChI=1S/C11H11N5S/c1-7-4-6-15-11(16-7)17-10-8(9(12)13)3-2-5-14-10/h2-6H,1H3,(H3,12,13). The fourth-order valence-electron chi connectivity index (χ4n) is 1.24. The second-order valence-corrected chi connectivity index (χ2v) is 4.31. The van der Waals surface area contributed by atoms with Crippen LogP contribution >= 0.6 is 11.8 Å². The fourth-order valence-corrected chi connectivity index (χ4v) is 2.12. The molecule has 0 bridgehead atoms. The number of rotatable bonds is 3. The SMILES string of the molecule is Cc1ccnc(Sc2ncccc2C(=N)N)n1. The molecule has 3 N–H and O–H groups in total. The minimum Gasteiger partial charge on any atom is -0.384 e. The summed E-state index contributed by atoms with van der Waals surface area (Å²) < 4.78 is 0. The van der Waals surface area contributed by atoms with Gasteiger partial charge in [-0.2, -0.15) is 0 Å². The van der Waals surface area contributed by atoms with E-state index in [9.17, 15) is 0 Å². The van der Waals surface area contributed by atoms with E-state index in [1.807, 2.05) is 13.0 Å². The Hall–Kier alpha value is -1.95. The summed E-state index contributed by atoms with van der Waals surface area (Å²) in [6.07, 6.45) is 3.35. The second-order valence-electron chi connectivity index (χ2n) is 3.35. The zero-order chi connectivity index (χ0) is 12.3. The Morgan fingerprint density at radius 3 is 2.82 bits per heavy atom. The number of hydrogen-bond acceptors (Lipinski definition) is 5. The largest absolute Gasteiger partial charge is 0.384 e. The summed E-state index contributed by atoms with van der Waals surface area (Å²) in [5, 5.41) is 8.71. The molecule has 0 aliphatic carbocycles. The van der Waals surface area contributed by atoms with Crippen LogP contribution in [0.3, 0.4) is 0 Å². The third-order valence-corrected chi connectivity index (χ3v) is 2.92. The number of amidine groups is 1. The Labute approximate surface area is 103 Å². The van der Waals surface area contributed by atoms with Crippen LogP contribution in [0, 0.1) is 12.3 Å². The zero-order valence-electron chi connectivity index (χ0n) is 9.21. The summed E-state index contributed by atoms with van der Waals surface area (Å²) in [5.41, 5.74) is 6.98. The van der Waals surface area contributed by atoms with Crippen LogP contribution in [-0.4, -0.2) is 20.8 Å². The maximum Gasteiger partial charge on any atom is 0.194 e. The predicted molar refractivity (Wildman–Crippen MR) is 66.1 cm³/mol. The normalized spacial score (nSPS) is 10.2. The van der Waals surface area contributed by atoms with Crippen molar-refractivity contribution in [3.05, 3.63) is 41.9 Å². The van der Waals surface area contributed by atoms with E-state index in [-0.39, 0.29) is 5.84 Å². The van der Waals surface area contributed by atoms with Crippen LogP contribution in [0.4, 0.5) is 0 Å². The van der Waals surface area contributed by atoms with E-state index >= 15 is 0 Å². The van der Waals surface area contributed by atoms with Gasteiger partial charge in [-0.3, -0.25) is 5.41 Å². The van der Waals surface area contributed by atoms with Crippen LogP contribution in [0.1, 0.15) is 11.3 Å². The number of nitrogens with one attached hydrogen (secondary N) is 1. The first-order valence-corrected chi connectivity index (χ1v) is 5.75. The molecule has 0 unspecified atom stereocenters. The molecule has 2 heterocycles. The minimum absolute atomic E-state index is 0.00625. The fraction of sp³-hybridized carbons (Fsp3) is 0.0909. The van der Waals surface area contributed by atoms with Gasteiger partial charge in [0.2, 0.25) is 0 Å². The molecular weight excluding hydrogens is 234 g/mol. The minimum atomic E-state index is -0.00625. The van der Waals surface area contributed by atoms with Gasteiger partial charge in [-0.1, -0.05) is 0 Å². The lowest BCUT2D eigenvalue weighted by atomic mass is 10.3. The number of nitrogens with two attached hydrogens (primary N) is 1. The highest BCUT2D eigenvalue weighted by atomic mass is 32.2. The highest BCUT2D eigenvalue weighted by Gasteiger charge is 2.09. The topological polar surface area (TPSA) is 88.5 Å². The summed E-state index contributed by atoms with van der Waals surface area (Å²) in [4.78, 5) is 12.6. The van der Waals surface area contributed by atoms with Gasteiger partial charge < -0.3 is 5.73 Å². The van der Waals surface area contributed by atoms with Crippen LogP contribution in [0.15, 0.2) is 40.8 Å². The smallest absolute Gasteiger partial charge is 0.194 e. The van der Waals surface area contributed by atoms with E-state index in [1.54, 1.807) is 24.5 Å². The van der Waals surface area contributed by atoms with Crippen LogP contribution in [-0.2, 0) is 0 Å². The Morgan fingerprint density at radius 2 is 2.12 bits per heavy atom. The number of aryl methyl sites for hydroxylation is 1. The summed E-state index contributed by atoms with van der Waals surface area (Å²) in [6.45, 7) is 1.90. The lowest BCUT2D eigenvalue weighted by Gasteiger charge is -2.05. The van der Waals surface area contributed by atoms with Gasteiger partial charge in [0.05, 0.1) is 0 Å². The first kappa shape index (κ1) is 11.5. The average molecular weight is 245 g/mol. The second kappa shape index (κ2) is 4.92. The van der Waals surface area contributed by atoms with Crippen LogP contribution in [0.2, 0.25) is 0 Å². The molecule has 0 aliphatic heterocycles. The van der Waals surface area contributed by atoms with E-state index in [2.05, 4.69) is 15.0 Å². The molecule has 0 aliphatic rings. The molecular formula is C11H11N5S. The van der Waals surface area contributed by atoms with Crippen LogP contribution in [0.5, 0.6) is 0 Å². The molecule has 0 amide bonds. The molecule has 0 saturated heterocycles. The number of hydrogen-bond donors (Lipinski definition) is 2. The first-order chi connectivity index (χ1) is 8.16.